The average molecular weight is 264 g/mol. The van der Waals surface area contributed by atoms with E-state index in [0.717, 1.165) is 18.5 Å². The lowest BCUT2D eigenvalue weighted by Crippen LogP contribution is -2.48. The van der Waals surface area contributed by atoms with Gasteiger partial charge in [-0.1, -0.05) is 12.8 Å². The first kappa shape index (κ1) is 14.1. The van der Waals surface area contributed by atoms with Crippen LogP contribution in [0.1, 0.15) is 38.3 Å². The molecule has 0 amide bonds. The third-order valence-electron chi connectivity index (χ3n) is 3.71. The largest absolute Gasteiger partial charge is 0.478 e. The number of hydrogen-bond donors (Lipinski definition) is 1. The molecule has 1 fully saturated rings. The molecule has 5 nitrogen and oxygen atoms in total. The molecule has 1 heterocycles. The summed E-state index contributed by atoms with van der Waals surface area (Å²) in [6.07, 6.45) is 4.65. The van der Waals surface area contributed by atoms with Gasteiger partial charge in [-0.15, -0.1) is 0 Å². The molecule has 1 aliphatic rings. The predicted molar refractivity (Wildman–Crippen MR) is 76.6 cm³/mol. The third-order valence-corrected chi connectivity index (χ3v) is 3.71. The number of aromatic nitrogens is 2. The Morgan fingerprint density at radius 1 is 1.37 bits per heavy atom. The van der Waals surface area contributed by atoms with Gasteiger partial charge in [-0.2, -0.15) is 4.98 Å². The Hall–Kier alpha value is -1.36. The van der Waals surface area contributed by atoms with E-state index in [1.165, 1.54) is 12.8 Å². The standard InChI is InChI=1S/C14H24N4O/c1-4-19-13-9-10(2)16-14(17-13)18(3)12-8-6-5-7-11(12)15/h9,11-12H,4-8,15H2,1-3H3. The molecule has 1 saturated carbocycles. The Labute approximate surface area is 115 Å². The van der Waals surface area contributed by atoms with Gasteiger partial charge in [-0.05, 0) is 26.7 Å². The van der Waals surface area contributed by atoms with Crippen LogP contribution in [0.25, 0.3) is 0 Å². The average Bonchev–Trinajstić information content (AvgIpc) is 2.38. The summed E-state index contributed by atoms with van der Waals surface area (Å²) in [6, 6.07) is 2.39. The molecule has 0 spiro atoms. The molecule has 2 unspecified atom stereocenters. The molecule has 2 N–H and O–H groups in total. The van der Waals surface area contributed by atoms with Crippen LogP contribution in [-0.2, 0) is 0 Å². The van der Waals surface area contributed by atoms with Crippen molar-refractivity contribution in [2.45, 2.75) is 51.6 Å². The fourth-order valence-corrected chi connectivity index (χ4v) is 2.67. The SMILES string of the molecule is CCOc1cc(C)nc(N(C)C2CCCCC2N)n1. The van der Waals surface area contributed by atoms with Gasteiger partial charge >= 0.3 is 0 Å². The second-order valence-corrected chi connectivity index (χ2v) is 5.21. The minimum atomic E-state index is 0.207. The van der Waals surface area contributed by atoms with Gasteiger partial charge in [0.25, 0.3) is 0 Å². The molecule has 1 aromatic heterocycles. The van der Waals surface area contributed by atoms with Crippen molar-refractivity contribution in [1.82, 2.24) is 9.97 Å². The molecule has 0 saturated heterocycles. The second kappa shape index (κ2) is 6.19. The van der Waals surface area contributed by atoms with E-state index in [1.807, 2.05) is 27.0 Å². The van der Waals surface area contributed by atoms with Crippen LogP contribution in [0.3, 0.4) is 0 Å². The fourth-order valence-electron chi connectivity index (χ4n) is 2.67. The fraction of sp³-hybridized carbons (Fsp3) is 0.714. The molecule has 2 rings (SSSR count). The van der Waals surface area contributed by atoms with Crippen LogP contribution >= 0.6 is 0 Å². The van der Waals surface area contributed by atoms with Gasteiger partial charge in [0, 0.05) is 30.9 Å². The van der Waals surface area contributed by atoms with Crippen molar-refractivity contribution in [2.75, 3.05) is 18.6 Å². The summed E-state index contributed by atoms with van der Waals surface area (Å²) >= 11 is 0. The highest BCUT2D eigenvalue weighted by Gasteiger charge is 2.27. The highest BCUT2D eigenvalue weighted by Crippen LogP contribution is 2.24. The molecule has 0 bridgehead atoms. The van der Waals surface area contributed by atoms with E-state index in [-0.39, 0.29) is 6.04 Å². The van der Waals surface area contributed by atoms with Gasteiger partial charge in [0.15, 0.2) is 0 Å². The Bertz CT molecular complexity index is 424. The smallest absolute Gasteiger partial charge is 0.228 e. The zero-order valence-corrected chi connectivity index (χ0v) is 12.1. The van der Waals surface area contributed by atoms with Crippen LogP contribution in [0.4, 0.5) is 5.95 Å². The molecule has 0 radical (unpaired) electrons. The van der Waals surface area contributed by atoms with Gasteiger partial charge in [-0.3, -0.25) is 0 Å². The summed E-state index contributed by atoms with van der Waals surface area (Å²) < 4.78 is 5.48. The summed E-state index contributed by atoms with van der Waals surface area (Å²) in [6.45, 7) is 4.53. The highest BCUT2D eigenvalue weighted by molar-refractivity contribution is 5.35. The van der Waals surface area contributed by atoms with E-state index in [9.17, 15) is 0 Å². The van der Waals surface area contributed by atoms with E-state index in [4.69, 9.17) is 10.5 Å². The zero-order chi connectivity index (χ0) is 13.8. The third kappa shape index (κ3) is 3.35. The van der Waals surface area contributed by atoms with Gasteiger partial charge < -0.3 is 15.4 Å². The first-order valence-electron chi connectivity index (χ1n) is 7.08. The number of rotatable bonds is 4. The number of hydrogen-bond acceptors (Lipinski definition) is 5. The lowest BCUT2D eigenvalue weighted by Gasteiger charge is -2.36. The van der Waals surface area contributed by atoms with Crippen LogP contribution in [0.15, 0.2) is 6.07 Å². The molecule has 1 aliphatic carbocycles. The zero-order valence-electron chi connectivity index (χ0n) is 12.1. The molecule has 1 aromatic rings. The number of nitrogens with zero attached hydrogens (tertiary/aromatic N) is 3. The molecule has 5 heteroatoms. The molecule has 19 heavy (non-hydrogen) atoms. The quantitative estimate of drug-likeness (QED) is 0.899. The minimum absolute atomic E-state index is 0.207. The topological polar surface area (TPSA) is 64.3 Å². The Morgan fingerprint density at radius 3 is 2.79 bits per heavy atom. The molecule has 106 valence electrons. The van der Waals surface area contributed by atoms with Crippen molar-refractivity contribution < 1.29 is 4.74 Å². The molecular formula is C14H24N4O. The van der Waals surface area contributed by atoms with Gasteiger partial charge in [-0.25, -0.2) is 4.98 Å². The molecular weight excluding hydrogens is 240 g/mol. The second-order valence-electron chi connectivity index (χ2n) is 5.21. The van der Waals surface area contributed by atoms with Crippen LogP contribution in [0, 0.1) is 6.92 Å². The van der Waals surface area contributed by atoms with E-state index in [1.54, 1.807) is 0 Å². The van der Waals surface area contributed by atoms with Crippen LogP contribution in [0.2, 0.25) is 0 Å². The number of ether oxygens (including phenoxy) is 1. The lowest BCUT2D eigenvalue weighted by molar-refractivity contribution is 0.324. The number of nitrogens with two attached hydrogens (primary N) is 1. The van der Waals surface area contributed by atoms with E-state index < -0.39 is 0 Å². The van der Waals surface area contributed by atoms with Crippen LogP contribution in [-0.4, -0.2) is 35.7 Å². The van der Waals surface area contributed by atoms with Gasteiger partial charge in [0.05, 0.1) is 6.61 Å². The maximum Gasteiger partial charge on any atom is 0.228 e. The molecule has 2 atom stereocenters. The summed E-state index contributed by atoms with van der Waals surface area (Å²) in [5.74, 6) is 1.35. The number of anilines is 1. The lowest BCUT2D eigenvalue weighted by atomic mass is 9.90. The van der Waals surface area contributed by atoms with Crippen LogP contribution < -0.4 is 15.4 Å². The summed E-state index contributed by atoms with van der Waals surface area (Å²) in [5.41, 5.74) is 7.14. The van der Waals surface area contributed by atoms with E-state index in [2.05, 4.69) is 14.9 Å². The van der Waals surface area contributed by atoms with E-state index >= 15 is 0 Å². The van der Waals surface area contributed by atoms with Crippen molar-refractivity contribution in [3.05, 3.63) is 11.8 Å². The summed E-state index contributed by atoms with van der Waals surface area (Å²) in [7, 11) is 2.03. The maximum absolute atomic E-state index is 6.22. The minimum Gasteiger partial charge on any atom is -0.478 e. The Balaban J connectivity index is 2.19. The molecule has 0 aliphatic heterocycles. The normalized spacial score (nSPS) is 23.2. The number of aryl methyl sites for hydroxylation is 1. The van der Waals surface area contributed by atoms with E-state index in [0.29, 0.717) is 24.5 Å². The summed E-state index contributed by atoms with van der Waals surface area (Å²) in [4.78, 5) is 11.1. The van der Waals surface area contributed by atoms with Gasteiger partial charge in [0.2, 0.25) is 11.8 Å². The maximum atomic E-state index is 6.22. The van der Waals surface area contributed by atoms with Crippen molar-refractivity contribution in [2.24, 2.45) is 5.73 Å². The first-order valence-corrected chi connectivity index (χ1v) is 7.08. The van der Waals surface area contributed by atoms with Crippen molar-refractivity contribution in [3.8, 4) is 5.88 Å². The van der Waals surface area contributed by atoms with Crippen molar-refractivity contribution in [3.63, 3.8) is 0 Å². The first-order chi connectivity index (χ1) is 9.11. The van der Waals surface area contributed by atoms with Gasteiger partial charge in [0.1, 0.15) is 0 Å². The molecule has 0 aromatic carbocycles. The monoisotopic (exact) mass is 264 g/mol. The Kier molecular flexibility index (Phi) is 4.58. The van der Waals surface area contributed by atoms with Crippen molar-refractivity contribution in [1.29, 1.82) is 0 Å². The summed E-state index contributed by atoms with van der Waals surface area (Å²) in [5, 5.41) is 0. The predicted octanol–water partition coefficient (Wildman–Crippen LogP) is 1.89. The Morgan fingerprint density at radius 2 is 2.11 bits per heavy atom. The van der Waals surface area contributed by atoms with Crippen molar-refractivity contribution >= 4 is 5.95 Å². The van der Waals surface area contributed by atoms with Crippen LogP contribution in [0.5, 0.6) is 5.88 Å². The highest BCUT2D eigenvalue weighted by atomic mass is 16.5. The number of likely N-dealkylation sites (N-methyl/N-ethyl adjacent to an activating group) is 1.